The Labute approximate surface area is 103 Å². The van der Waals surface area contributed by atoms with Crippen LogP contribution in [-0.2, 0) is 0 Å². The number of nitrogens with zero attached hydrogens (tertiary/aromatic N) is 2. The van der Waals surface area contributed by atoms with Crippen LogP contribution in [0.1, 0.15) is 40.5 Å². The molecule has 0 aromatic carbocycles. The first kappa shape index (κ1) is 21.2. The van der Waals surface area contributed by atoms with Crippen LogP contribution in [0.5, 0.6) is 0 Å². The maximum absolute atomic E-state index is 9.50. The van der Waals surface area contributed by atoms with E-state index in [0.717, 1.165) is 0 Å². The van der Waals surface area contributed by atoms with E-state index in [-0.39, 0.29) is 0 Å². The lowest BCUT2D eigenvalue weighted by Crippen LogP contribution is -2.31. The number of likely N-dealkylation sites (N-methyl/N-ethyl adjacent to an activating group) is 2. The van der Waals surface area contributed by atoms with E-state index in [1.807, 2.05) is 13.8 Å². The van der Waals surface area contributed by atoms with E-state index >= 15 is 0 Å². The predicted molar refractivity (Wildman–Crippen MR) is 74.0 cm³/mol. The van der Waals surface area contributed by atoms with Gasteiger partial charge in [0, 0.05) is 13.1 Å². The third kappa shape index (κ3) is 19.4. The first-order chi connectivity index (χ1) is 7.70. The van der Waals surface area contributed by atoms with Crippen molar-refractivity contribution in [1.29, 1.82) is 0 Å². The third-order valence-corrected chi connectivity index (χ3v) is 2.07. The molecule has 0 N–H and O–H groups in total. The standard InChI is InChI=1S/C10H24N2.C2H6.CH3F/c1-5-7-11(3)9-10-12(4)8-6-2;2*1-2/h5-10H2,1-4H3;1-2H3;1H3. The molecule has 0 amide bonds. The minimum absolute atomic E-state index is 0.500. The highest BCUT2D eigenvalue weighted by Gasteiger charge is 1.99. The second-order valence-electron chi connectivity index (χ2n) is 3.61. The SMILES string of the molecule is CC.CCCN(C)CCN(C)CCC.CF. The summed E-state index contributed by atoms with van der Waals surface area (Å²) in [5.74, 6) is 0. The fraction of sp³-hybridized carbons (Fsp3) is 1.00. The topological polar surface area (TPSA) is 6.48 Å². The smallest absolute Gasteiger partial charge is 0.0785 e. The Balaban J connectivity index is -0.000000376. The van der Waals surface area contributed by atoms with Crippen molar-refractivity contribution in [3.8, 4) is 0 Å². The number of alkyl halides is 1. The van der Waals surface area contributed by atoms with Crippen LogP contribution in [0, 0.1) is 0 Å². The van der Waals surface area contributed by atoms with Crippen molar-refractivity contribution in [3.05, 3.63) is 0 Å². The summed E-state index contributed by atoms with van der Waals surface area (Å²) in [5.41, 5.74) is 0. The lowest BCUT2D eigenvalue weighted by Gasteiger charge is -2.20. The number of halogens is 1. The van der Waals surface area contributed by atoms with E-state index in [2.05, 4.69) is 37.7 Å². The van der Waals surface area contributed by atoms with Gasteiger partial charge in [-0.25, -0.2) is 0 Å². The van der Waals surface area contributed by atoms with Gasteiger partial charge in [0.25, 0.3) is 0 Å². The van der Waals surface area contributed by atoms with Gasteiger partial charge in [0.05, 0.1) is 7.18 Å². The Morgan fingerprint density at radius 1 is 0.688 bits per heavy atom. The normalized spacial score (nSPS) is 9.38. The van der Waals surface area contributed by atoms with E-state index in [0.29, 0.717) is 7.18 Å². The quantitative estimate of drug-likeness (QED) is 0.669. The van der Waals surface area contributed by atoms with Crippen LogP contribution in [0.15, 0.2) is 0 Å². The number of hydrogen-bond donors (Lipinski definition) is 0. The summed E-state index contributed by atoms with van der Waals surface area (Å²) in [5, 5.41) is 0. The van der Waals surface area contributed by atoms with Crippen LogP contribution < -0.4 is 0 Å². The molecule has 0 aliphatic carbocycles. The Hall–Kier alpha value is -0.150. The molecule has 0 saturated heterocycles. The molecular weight excluding hydrogens is 203 g/mol. The summed E-state index contributed by atoms with van der Waals surface area (Å²) in [6.07, 6.45) is 2.52. The minimum atomic E-state index is 0.500. The van der Waals surface area contributed by atoms with Crippen molar-refractivity contribution in [3.63, 3.8) is 0 Å². The molecule has 0 spiro atoms. The highest BCUT2D eigenvalue weighted by molar-refractivity contribution is 4.55. The van der Waals surface area contributed by atoms with Crippen molar-refractivity contribution in [2.45, 2.75) is 40.5 Å². The Morgan fingerprint density at radius 3 is 1.12 bits per heavy atom. The van der Waals surface area contributed by atoms with Crippen molar-refractivity contribution >= 4 is 0 Å². The van der Waals surface area contributed by atoms with Crippen LogP contribution in [0.4, 0.5) is 4.39 Å². The van der Waals surface area contributed by atoms with Crippen LogP contribution in [0.25, 0.3) is 0 Å². The highest BCUT2D eigenvalue weighted by Crippen LogP contribution is 1.89. The van der Waals surface area contributed by atoms with Gasteiger partial charge in [-0.1, -0.05) is 27.7 Å². The first-order valence-electron chi connectivity index (χ1n) is 6.45. The Kier molecular flexibility index (Phi) is 26.8. The average molecular weight is 236 g/mol. The molecule has 0 bridgehead atoms. The molecule has 0 fully saturated rings. The van der Waals surface area contributed by atoms with E-state index < -0.39 is 0 Å². The Morgan fingerprint density at radius 2 is 0.938 bits per heavy atom. The molecule has 0 radical (unpaired) electrons. The number of hydrogen-bond acceptors (Lipinski definition) is 2. The summed E-state index contributed by atoms with van der Waals surface area (Å²) in [6, 6.07) is 0. The van der Waals surface area contributed by atoms with Gasteiger partial charge in [-0.15, -0.1) is 0 Å². The molecule has 2 nitrogen and oxygen atoms in total. The molecule has 0 aliphatic heterocycles. The zero-order valence-corrected chi connectivity index (χ0v) is 12.5. The summed E-state index contributed by atoms with van der Waals surface area (Å²) >= 11 is 0. The van der Waals surface area contributed by atoms with Crippen molar-refractivity contribution in [1.82, 2.24) is 9.80 Å². The molecule has 0 aromatic heterocycles. The molecule has 16 heavy (non-hydrogen) atoms. The van der Waals surface area contributed by atoms with Gasteiger partial charge >= 0.3 is 0 Å². The first-order valence-corrected chi connectivity index (χ1v) is 6.45. The van der Waals surface area contributed by atoms with Crippen LogP contribution in [0.2, 0.25) is 0 Å². The molecule has 0 aliphatic rings. The predicted octanol–water partition coefficient (Wildman–Crippen LogP) is 3.28. The molecule has 0 unspecified atom stereocenters. The summed E-state index contributed by atoms with van der Waals surface area (Å²) in [7, 11) is 4.90. The lowest BCUT2D eigenvalue weighted by atomic mass is 10.4. The van der Waals surface area contributed by atoms with Crippen molar-refractivity contribution in [2.75, 3.05) is 47.5 Å². The van der Waals surface area contributed by atoms with Crippen LogP contribution in [-0.4, -0.2) is 57.3 Å². The van der Waals surface area contributed by atoms with E-state index in [9.17, 15) is 4.39 Å². The van der Waals surface area contributed by atoms with Gasteiger partial charge in [-0.05, 0) is 40.0 Å². The molecular formula is C13H33FN2. The molecule has 0 aromatic rings. The second-order valence-corrected chi connectivity index (χ2v) is 3.61. The van der Waals surface area contributed by atoms with E-state index in [1.54, 1.807) is 0 Å². The van der Waals surface area contributed by atoms with Gasteiger partial charge in [0.15, 0.2) is 0 Å². The van der Waals surface area contributed by atoms with Crippen LogP contribution in [0.3, 0.4) is 0 Å². The zero-order valence-electron chi connectivity index (χ0n) is 12.5. The fourth-order valence-corrected chi connectivity index (χ4v) is 1.33. The second kappa shape index (κ2) is 20.3. The minimum Gasteiger partial charge on any atom is -0.305 e. The largest absolute Gasteiger partial charge is 0.305 e. The molecule has 0 rings (SSSR count). The molecule has 3 heteroatoms. The maximum Gasteiger partial charge on any atom is 0.0785 e. The lowest BCUT2D eigenvalue weighted by molar-refractivity contribution is 0.257. The van der Waals surface area contributed by atoms with Crippen molar-refractivity contribution in [2.24, 2.45) is 0 Å². The highest BCUT2D eigenvalue weighted by atomic mass is 19.1. The average Bonchev–Trinajstić information content (AvgIpc) is 2.33. The van der Waals surface area contributed by atoms with Gasteiger partial charge in [0.2, 0.25) is 0 Å². The van der Waals surface area contributed by atoms with E-state index in [1.165, 1.54) is 39.0 Å². The van der Waals surface area contributed by atoms with Crippen LogP contribution >= 0.6 is 0 Å². The maximum atomic E-state index is 9.50. The Bertz CT molecular complexity index is 87.9. The zero-order chi connectivity index (χ0) is 13.4. The molecule has 0 saturated carbocycles. The van der Waals surface area contributed by atoms with Gasteiger partial charge in [0.1, 0.15) is 0 Å². The van der Waals surface area contributed by atoms with E-state index in [4.69, 9.17) is 0 Å². The monoisotopic (exact) mass is 236 g/mol. The molecule has 102 valence electrons. The molecule has 0 atom stereocenters. The fourth-order valence-electron chi connectivity index (χ4n) is 1.33. The van der Waals surface area contributed by atoms with Gasteiger partial charge in [-0.3, -0.25) is 4.39 Å². The summed E-state index contributed by atoms with van der Waals surface area (Å²) < 4.78 is 9.50. The van der Waals surface area contributed by atoms with Gasteiger partial charge < -0.3 is 9.80 Å². The number of rotatable bonds is 7. The molecule has 0 heterocycles. The summed E-state index contributed by atoms with van der Waals surface area (Å²) in [4.78, 5) is 4.79. The summed E-state index contributed by atoms with van der Waals surface area (Å²) in [6.45, 7) is 13.3. The third-order valence-electron chi connectivity index (χ3n) is 2.07. The van der Waals surface area contributed by atoms with Crippen molar-refractivity contribution < 1.29 is 4.39 Å². The van der Waals surface area contributed by atoms with Gasteiger partial charge in [-0.2, -0.15) is 0 Å².